The summed E-state index contributed by atoms with van der Waals surface area (Å²) < 4.78 is 10.8. The van der Waals surface area contributed by atoms with Gasteiger partial charge in [-0.1, -0.05) is 26.0 Å². The molecule has 0 bridgehead atoms. The summed E-state index contributed by atoms with van der Waals surface area (Å²) in [6.07, 6.45) is 0. The van der Waals surface area contributed by atoms with Crippen molar-refractivity contribution in [2.24, 2.45) is 5.41 Å². The van der Waals surface area contributed by atoms with Gasteiger partial charge in [0.05, 0.1) is 12.2 Å². The van der Waals surface area contributed by atoms with Gasteiger partial charge < -0.3 is 14.5 Å². The topological polar surface area (TPSA) is 51.5 Å². The number of hydrogen-bond acceptors (Lipinski definition) is 3. The summed E-state index contributed by atoms with van der Waals surface area (Å²) in [5.41, 5.74) is 1.12. The molecular weight excluding hydrogens is 254 g/mol. The first-order valence-electron chi connectivity index (χ1n) is 6.69. The van der Waals surface area contributed by atoms with Crippen LogP contribution in [0.1, 0.15) is 30.0 Å². The third kappa shape index (κ3) is 3.20. The second-order valence-electron chi connectivity index (χ2n) is 5.86. The van der Waals surface area contributed by atoms with Crippen molar-refractivity contribution in [3.63, 3.8) is 0 Å². The van der Waals surface area contributed by atoms with Gasteiger partial charge in [-0.25, -0.2) is 0 Å². The molecule has 0 unspecified atom stereocenters. The monoisotopic (exact) mass is 275 g/mol. The second-order valence-corrected chi connectivity index (χ2v) is 5.86. The quantitative estimate of drug-likeness (QED) is 0.912. The predicted octanol–water partition coefficient (Wildman–Crippen LogP) is 3.14. The van der Waals surface area contributed by atoms with Crippen molar-refractivity contribution in [1.82, 2.24) is 5.32 Å². The minimum Gasteiger partial charge on any atom is -0.461 e. The zero-order chi connectivity index (χ0) is 14.8. The lowest BCUT2D eigenvalue weighted by Crippen LogP contribution is -2.36. The Balaban J connectivity index is 2.16. The first-order chi connectivity index (χ1) is 9.43. The summed E-state index contributed by atoms with van der Waals surface area (Å²) in [6.45, 7) is 7.12. The average Bonchev–Trinajstić information content (AvgIpc) is 2.75. The van der Waals surface area contributed by atoms with Crippen LogP contribution in [0, 0.1) is 12.3 Å². The second kappa shape index (κ2) is 5.67. The molecule has 0 fully saturated rings. The molecule has 108 valence electrons. The number of amides is 1. The van der Waals surface area contributed by atoms with Gasteiger partial charge in [-0.05, 0) is 19.1 Å². The molecular formula is C16H21NO3. The number of furan rings is 1. The van der Waals surface area contributed by atoms with Crippen LogP contribution in [0.2, 0.25) is 0 Å². The van der Waals surface area contributed by atoms with E-state index in [1.807, 2.05) is 25.1 Å². The molecule has 1 heterocycles. The van der Waals surface area contributed by atoms with Gasteiger partial charge in [0, 0.05) is 24.5 Å². The number of carbonyl (C=O) groups is 1. The third-order valence-electron chi connectivity index (χ3n) is 3.17. The molecule has 0 aliphatic rings. The molecule has 4 nitrogen and oxygen atoms in total. The molecule has 0 aliphatic carbocycles. The standard InChI is InChI=1S/C16H21NO3/c1-11-8-12-6-5-7-13(14(12)20-11)15(18)17-9-16(2,3)10-19-4/h5-8H,9-10H2,1-4H3,(H,17,18). The van der Waals surface area contributed by atoms with Crippen molar-refractivity contribution in [3.05, 3.63) is 35.6 Å². The van der Waals surface area contributed by atoms with Crippen molar-refractivity contribution < 1.29 is 13.9 Å². The van der Waals surface area contributed by atoms with Crippen LogP contribution in [0.15, 0.2) is 28.7 Å². The Bertz CT molecular complexity index is 613. The maximum Gasteiger partial charge on any atom is 0.255 e. The largest absolute Gasteiger partial charge is 0.461 e. The zero-order valence-electron chi connectivity index (χ0n) is 12.4. The molecule has 4 heteroatoms. The van der Waals surface area contributed by atoms with Crippen molar-refractivity contribution in [1.29, 1.82) is 0 Å². The van der Waals surface area contributed by atoms with E-state index >= 15 is 0 Å². The van der Waals surface area contributed by atoms with Crippen LogP contribution in [-0.2, 0) is 4.74 Å². The number of para-hydroxylation sites is 1. The Morgan fingerprint density at radius 2 is 2.15 bits per heavy atom. The van der Waals surface area contributed by atoms with Gasteiger partial charge in [-0.15, -0.1) is 0 Å². The SMILES string of the molecule is COCC(C)(C)CNC(=O)c1cccc2cc(C)oc12. The fraction of sp³-hybridized carbons (Fsp3) is 0.438. The molecule has 2 aromatic rings. The van der Waals surface area contributed by atoms with Crippen molar-refractivity contribution in [2.75, 3.05) is 20.3 Å². The summed E-state index contributed by atoms with van der Waals surface area (Å²) in [7, 11) is 1.66. The van der Waals surface area contributed by atoms with E-state index in [9.17, 15) is 4.79 Å². The van der Waals surface area contributed by atoms with E-state index in [0.29, 0.717) is 24.3 Å². The van der Waals surface area contributed by atoms with Gasteiger partial charge in [-0.2, -0.15) is 0 Å². The summed E-state index contributed by atoms with van der Waals surface area (Å²) in [5.74, 6) is 0.689. The van der Waals surface area contributed by atoms with E-state index in [-0.39, 0.29) is 11.3 Å². The van der Waals surface area contributed by atoms with E-state index in [0.717, 1.165) is 11.1 Å². The maximum absolute atomic E-state index is 12.3. The first kappa shape index (κ1) is 14.6. The Morgan fingerprint density at radius 1 is 1.40 bits per heavy atom. The molecule has 1 amide bonds. The highest BCUT2D eigenvalue weighted by Crippen LogP contribution is 2.23. The van der Waals surface area contributed by atoms with Crippen molar-refractivity contribution in [3.8, 4) is 0 Å². The summed E-state index contributed by atoms with van der Waals surface area (Å²) in [5, 5.41) is 3.90. The summed E-state index contributed by atoms with van der Waals surface area (Å²) in [4.78, 5) is 12.3. The number of ether oxygens (including phenoxy) is 1. The lowest BCUT2D eigenvalue weighted by molar-refractivity contribution is 0.0847. The van der Waals surface area contributed by atoms with Crippen LogP contribution >= 0.6 is 0 Å². The van der Waals surface area contributed by atoms with Gasteiger partial charge >= 0.3 is 0 Å². The minimum atomic E-state index is -0.117. The molecule has 0 radical (unpaired) electrons. The number of carbonyl (C=O) groups excluding carboxylic acids is 1. The molecule has 0 spiro atoms. The van der Waals surface area contributed by atoms with E-state index < -0.39 is 0 Å². The number of methoxy groups -OCH3 is 1. The van der Waals surface area contributed by atoms with Gasteiger partial charge in [0.15, 0.2) is 0 Å². The lowest BCUT2D eigenvalue weighted by atomic mass is 9.94. The van der Waals surface area contributed by atoms with Crippen LogP contribution < -0.4 is 5.32 Å². The van der Waals surface area contributed by atoms with Gasteiger partial charge in [0.2, 0.25) is 0 Å². The van der Waals surface area contributed by atoms with Crippen molar-refractivity contribution >= 4 is 16.9 Å². The van der Waals surface area contributed by atoms with Crippen LogP contribution in [0.4, 0.5) is 0 Å². The molecule has 1 N–H and O–H groups in total. The molecule has 1 aromatic carbocycles. The first-order valence-corrected chi connectivity index (χ1v) is 6.69. The third-order valence-corrected chi connectivity index (χ3v) is 3.17. The van der Waals surface area contributed by atoms with E-state index in [4.69, 9.17) is 9.15 Å². The van der Waals surface area contributed by atoms with E-state index in [2.05, 4.69) is 19.2 Å². The molecule has 0 saturated heterocycles. The summed E-state index contributed by atoms with van der Waals surface area (Å²) in [6, 6.07) is 7.52. The Kier molecular flexibility index (Phi) is 4.14. The number of rotatable bonds is 5. The molecule has 0 saturated carbocycles. The lowest BCUT2D eigenvalue weighted by Gasteiger charge is -2.23. The van der Waals surface area contributed by atoms with Crippen LogP contribution in [0.5, 0.6) is 0 Å². The number of fused-ring (bicyclic) bond motifs is 1. The van der Waals surface area contributed by atoms with Gasteiger partial charge in [0.1, 0.15) is 11.3 Å². The molecule has 2 rings (SSSR count). The fourth-order valence-electron chi connectivity index (χ4n) is 2.23. The molecule has 0 atom stereocenters. The van der Waals surface area contributed by atoms with E-state index in [1.165, 1.54) is 0 Å². The number of benzene rings is 1. The highest BCUT2D eigenvalue weighted by molar-refractivity contribution is 6.05. The number of hydrogen-bond donors (Lipinski definition) is 1. The Morgan fingerprint density at radius 3 is 2.85 bits per heavy atom. The highest BCUT2D eigenvalue weighted by Gasteiger charge is 2.20. The van der Waals surface area contributed by atoms with Crippen molar-refractivity contribution in [2.45, 2.75) is 20.8 Å². The van der Waals surface area contributed by atoms with Crippen LogP contribution in [-0.4, -0.2) is 26.2 Å². The minimum absolute atomic E-state index is 0.0998. The smallest absolute Gasteiger partial charge is 0.255 e. The fourth-order valence-corrected chi connectivity index (χ4v) is 2.23. The Hall–Kier alpha value is -1.81. The predicted molar refractivity (Wildman–Crippen MR) is 78.9 cm³/mol. The number of aryl methyl sites for hydroxylation is 1. The normalized spacial score (nSPS) is 11.8. The molecule has 1 aromatic heterocycles. The van der Waals surface area contributed by atoms with Crippen LogP contribution in [0.25, 0.3) is 11.0 Å². The number of nitrogens with one attached hydrogen (secondary N) is 1. The van der Waals surface area contributed by atoms with E-state index in [1.54, 1.807) is 13.2 Å². The summed E-state index contributed by atoms with van der Waals surface area (Å²) >= 11 is 0. The average molecular weight is 275 g/mol. The zero-order valence-corrected chi connectivity index (χ0v) is 12.4. The maximum atomic E-state index is 12.3. The Labute approximate surface area is 119 Å². The van der Waals surface area contributed by atoms with Gasteiger partial charge in [-0.3, -0.25) is 4.79 Å². The van der Waals surface area contributed by atoms with Crippen LogP contribution in [0.3, 0.4) is 0 Å². The highest BCUT2D eigenvalue weighted by atomic mass is 16.5. The molecule has 0 aliphatic heterocycles. The molecule has 20 heavy (non-hydrogen) atoms. The van der Waals surface area contributed by atoms with Gasteiger partial charge in [0.25, 0.3) is 5.91 Å².